The largest absolute Gasteiger partial charge is 0.492 e. The fourth-order valence-electron chi connectivity index (χ4n) is 3.31. The topological polar surface area (TPSA) is 94.2 Å². The first kappa shape index (κ1) is 24.0. The van der Waals surface area contributed by atoms with Crippen molar-refractivity contribution in [3.8, 4) is 11.5 Å². The van der Waals surface area contributed by atoms with Crippen molar-refractivity contribution in [3.05, 3.63) is 53.6 Å². The first-order valence-electron chi connectivity index (χ1n) is 10.6. The van der Waals surface area contributed by atoms with E-state index in [4.69, 9.17) is 14.2 Å². The van der Waals surface area contributed by atoms with Crippen LogP contribution in [0, 0.1) is 13.8 Å². The van der Waals surface area contributed by atoms with Crippen LogP contribution in [0.2, 0.25) is 0 Å². The molecule has 2 aromatic carbocycles. The minimum Gasteiger partial charge on any atom is -0.492 e. The van der Waals surface area contributed by atoms with E-state index in [-0.39, 0.29) is 17.4 Å². The molecule has 1 saturated heterocycles. The van der Waals surface area contributed by atoms with E-state index >= 15 is 0 Å². The Kier molecular flexibility index (Phi) is 8.11. The average Bonchev–Trinajstić information content (AvgIpc) is 2.79. The van der Waals surface area contributed by atoms with E-state index in [1.807, 2.05) is 32.0 Å². The first-order valence-corrected chi connectivity index (χ1v) is 12.0. The number of carbonyl (C=O) groups excluding carboxylic acids is 1. The van der Waals surface area contributed by atoms with Crippen molar-refractivity contribution < 1.29 is 27.4 Å². The maximum absolute atomic E-state index is 12.6. The van der Waals surface area contributed by atoms with Crippen LogP contribution in [0.15, 0.2) is 47.4 Å². The van der Waals surface area contributed by atoms with Gasteiger partial charge in [0.2, 0.25) is 10.0 Å². The van der Waals surface area contributed by atoms with Gasteiger partial charge in [-0.15, -0.1) is 0 Å². The van der Waals surface area contributed by atoms with Gasteiger partial charge in [-0.1, -0.05) is 17.7 Å². The monoisotopic (exact) mass is 462 g/mol. The number of rotatable bonds is 9. The summed E-state index contributed by atoms with van der Waals surface area (Å²) in [6, 6.07) is 12.1. The average molecular weight is 463 g/mol. The van der Waals surface area contributed by atoms with Gasteiger partial charge in [0.15, 0.2) is 6.10 Å². The number of hydrogen-bond donors (Lipinski definition) is 1. The molecule has 9 heteroatoms. The van der Waals surface area contributed by atoms with Crippen molar-refractivity contribution >= 4 is 15.9 Å². The van der Waals surface area contributed by atoms with Crippen LogP contribution in [0.3, 0.4) is 0 Å². The maximum atomic E-state index is 12.6. The summed E-state index contributed by atoms with van der Waals surface area (Å²) in [5.41, 5.74) is 2.11. The smallest absolute Gasteiger partial charge is 0.260 e. The third-order valence-corrected chi connectivity index (χ3v) is 7.02. The zero-order valence-electron chi connectivity index (χ0n) is 18.7. The van der Waals surface area contributed by atoms with E-state index in [9.17, 15) is 13.2 Å². The molecule has 1 unspecified atom stereocenters. The van der Waals surface area contributed by atoms with Gasteiger partial charge in [0, 0.05) is 13.1 Å². The van der Waals surface area contributed by atoms with Gasteiger partial charge < -0.3 is 19.5 Å². The molecule has 3 rings (SSSR count). The Balaban J connectivity index is 1.43. The summed E-state index contributed by atoms with van der Waals surface area (Å²) in [5.74, 6) is 0.974. The quantitative estimate of drug-likeness (QED) is 0.575. The van der Waals surface area contributed by atoms with Gasteiger partial charge in [-0.2, -0.15) is 4.31 Å². The van der Waals surface area contributed by atoms with E-state index in [1.54, 1.807) is 19.1 Å². The molecular formula is C23H30N2O6S. The molecule has 1 heterocycles. The second-order valence-electron chi connectivity index (χ2n) is 7.66. The molecule has 1 aliphatic rings. The van der Waals surface area contributed by atoms with E-state index in [2.05, 4.69) is 5.32 Å². The zero-order valence-corrected chi connectivity index (χ0v) is 19.5. The number of hydrogen-bond acceptors (Lipinski definition) is 6. The minimum absolute atomic E-state index is 0.220. The Morgan fingerprint density at radius 2 is 1.81 bits per heavy atom. The van der Waals surface area contributed by atoms with Crippen molar-refractivity contribution in [1.82, 2.24) is 9.62 Å². The standard InChI is InChI=1S/C23H30N2O6S/c1-17-4-9-22(18(2)16-17)31-19(3)23(26)24-10-13-30-20-5-7-21(8-6-20)32(27,28)25-11-14-29-15-12-25/h4-9,16,19H,10-15H2,1-3H3,(H,24,26). The summed E-state index contributed by atoms with van der Waals surface area (Å²) in [6.07, 6.45) is -0.638. The number of carbonyl (C=O) groups is 1. The number of sulfonamides is 1. The van der Waals surface area contributed by atoms with Gasteiger partial charge in [0.05, 0.1) is 24.7 Å². The molecule has 0 aromatic heterocycles. The highest BCUT2D eigenvalue weighted by molar-refractivity contribution is 7.89. The molecule has 0 saturated carbocycles. The molecule has 1 amide bonds. The first-order chi connectivity index (χ1) is 15.3. The number of aryl methyl sites for hydroxylation is 2. The number of nitrogens with zero attached hydrogens (tertiary/aromatic N) is 1. The second kappa shape index (κ2) is 10.8. The molecule has 32 heavy (non-hydrogen) atoms. The van der Waals surface area contributed by atoms with Crippen molar-refractivity contribution in [2.75, 3.05) is 39.5 Å². The van der Waals surface area contributed by atoms with Gasteiger partial charge in [-0.05, 0) is 56.7 Å². The maximum Gasteiger partial charge on any atom is 0.260 e. The SMILES string of the molecule is Cc1ccc(OC(C)C(=O)NCCOc2ccc(S(=O)(=O)N3CCOCC3)cc2)c(C)c1. The molecule has 1 aliphatic heterocycles. The normalized spacial score (nSPS) is 15.7. The highest BCUT2D eigenvalue weighted by atomic mass is 32.2. The van der Waals surface area contributed by atoms with Gasteiger partial charge in [-0.25, -0.2) is 8.42 Å². The van der Waals surface area contributed by atoms with Crippen LogP contribution in [0.4, 0.5) is 0 Å². The fraction of sp³-hybridized carbons (Fsp3) is 0.435. The lowest BCUT2D eigenvalue weighted by Crippen LogP contribution is -2.40. The molecule has 8 nitrogen and oxygen atoms in total. The van der Waals surface area contributed by atoms with Gasteiger partial charge in [0.25, 0.3) is 5.91 Å². The third-order valence-electron chi connectivity index (χ3n) is 5.10. The number of ether oxygens (including phenoxy) is 3. The van der Waals surface area contributed by atoms with Gasteiger partial charge in [0.1, 0.15) is 18.1 Å². The Hall–Kier alpha value is -2.62. The molecule has 0 bridgehead atoms. The molecule has 1 fully saturated rings. The highest BCUT2D eigenvalue weighted by Gasteiger charge is 2.26. The Bertz CT molecular complexity index is 1020. The van der Waals surface area contributed by atoms with Gasteiger partial charge >= 0.3 is 0 Å². The lowest BCUT2D eigenvalue weighted by atomic mass is 10.1. The fourth-order valence-corrected chi connectivity index (χ4v) is 4.71. The number of nitrogens with one attached hydrogen (secondary N) is 1. The molecule has 0 spiro atoms. The number of amides is 1. The van der Waals surface area contributed by atoms with Crippen LogP contribution in [0.1, 0.15) is 18.1 Å². The molecule has 1 atom stereocenters. The summed E-state index contributed by atoms with van der Waals surface area (Å²) >= 11 is 0. The summed E-state index contributed by atoms with van der Waals surface area (Å²) in [7, 11) is -3.53. The van der Waals surface area contributed by atoms with Crippen molar-refractivity contribution in [1.29, 1.82) is 0 Å². The van der Waals surface area contributed by atoms with E-state index in [0.717, 1.165) is 11.1 Å². The Labute approximate surface area is 189 Å². The van der Waals surface area contributed by atoms with E-state index < -0.39 is 16.1 Å². The summed E-state index contributed by atoms with van der Waals surface area (Å²) in [5, 5.41) is 2.78. The van der Waals surface area contributed by atoms with Crippen molar-refractivity contribution in [3.63, 3.8) is 0 Å². The highest BCUT2D eigenvalue weighted by Crippen LogP contribution is 2.21. The summed E-state index contributed by atoms with van der Waals surface area (Å²) in [4.78, 5) is 12.5. The predicted molar refractivity (Wildman–Crippen MR) is 121 cm³/mol. The van der Waals surface area contributed by atoms with Crippen LogP contribution in [0.5, 0.6) is 11.5 Å². The third kappa shape index (κ3) is 6.21. The van der Waals surface area contributed by atoms with Crippen LogP contribution >= 0.6 is 0 Å². The summed E-state index contributed by atoms with van der Waals surface area (Å²) in [6.45, 7) is 7.70. The van der Waals surface area contributed by atoms with E-state index in [0.29, 0.717) is 44.3 Å². The Morgan fingerprint density at radius 1 is 1.12 bits per heavy atom. The number of benzene rings is 2. The predicted octanol–water partition coefficient (Wildman–Crippen LogP) is 2.29. The Morgan fingerprint density at radius 3 is 2.47 bits per heavy atom. The second-order valence-corrected chi connectivity index (χ2v) is 9.59. The minimum atomic E-state index is -3.53. The molecule has 0 aliphatic carbocycles. The van der Waals surface area contributed by atoms with Gasteiger partial charge in [-0.3, -0.25) is 4.79 Å². The van der Waals surface area contributed by atoms with Crippen LogP contribution in [-0.4, -0.2) is 64.2 Å². The molecule has 174 valence electrons. The summed E-state index contributed by atoms with van der Waals surface area (Å²) < 4.78 is 43.3. The lowest BCUT2D eigenvalue weighted by Gasteiger charge is -2.26. The molecule has 0 radical (unpaired) electrons. The molecule has 1 N–H and O–H groups in total. The zero-order chi connectivity index (χ0) is 23.1. The lowest BCUT2D eigenvalue weighted by molar-refractivity contribution is -0.127. The van der Waals surface area contributed by atoms with Crippen molar-refractivity contribution in [2.24, 2.45) is 0 Å². The van der Waals surface area contributed by atoms with Crippen LogP contribution in [0.25, 0.3) is 0 Å². The molecule has 2 aromatic rings. The van der Waals surface area contributed by atoms with Crippen LogP contribution in [-0.2, 0) is 19.6 Å². The van der Waals surface area contributed by atoms with Crippen molar-refractivity contribution in [2.45, 2.75) is 31.8 Å². The number of morpholine rings is 1. The van der Waals surface area contributed by atoms with E-state index in [1.165, 1.54) is 16.4 Å². The molecular weight excluding hydrogens is 432 g/mol. The van der Waals surface area contributed by atoms with Crippen LogP contribution < -0.4 is 14.8 Å².